The van der Waals surface area contributed by atoms with Gasteiger partial charge in [0.2, 0.25) is 17.7 Å². The maximum Gasteiger partial charge on any atom is 0.245 e. The van der Waals surface area contributed by atoms with Gasteiger partial charge >= 0.3 is 0 Å². The molecule has 1 aliphatic carbocycles. The van der Waals surface area contributed by atoms with Gasteiger partial charge in [-0.1, -0.05) is 23.7 Å². The second kappa shape index (κ2) is 12.5. The largest absolute Gasteiger partial charge is 0.387 e. The molecule has 2 aliphatic rings. The molecule has 12 heteroatoms. The summed E-state index contributed by atoms with van der Waals surface area (Å²) in [6, 6.07) is 9.83. The van der Waals surface area contributed by atoms with Crippen molar-refractivity contribution in [2.75, 3.05) is 25.0 Å². The van der Waals surface area contributed by atoms with Gasteiger partial charge in [0.25, 0.3) is 0 Å². The van der Waals surface area contributed by atoms with Crippen LogP contribution in [0.15, 0.2) is 36.4 Å². The summed E-state index contributed by atoms with van der Waals surface area (Å²) in [5, 5.41) is 24.4. The molecule has 0 radical (unpaired) electrons. The fraction of sp³-hybridized carbons (Fsp3) is 0.448. The lowest BCUT2D eigenvalue weighted by Crippen LogP contribution is -2.43. The molecule has 5 rings (SSSR count). The van der Waals surface area contributed by atoms with Crippen molar-refractivity contribution in [1.82, 2.24) is 25.3 Å². The Balaban J connectivity index is 1.28. The standard InChI is InChI=1S/C29H34ClFN6O4/c1-17(38)28-22-13-20(34-29(41)18-9-11-32-12-10-18)5-8-24(22)37(35-28)16-26(40)36(21-6-7-21)15-25(39)33-14-19-3-2-4-23(30)27(19)31/h2-5,8,13,17-18,21,32,38H,6-7,9-12,14-16H2,1H3,(H,33,39)(H,34,41). The van der Waals surface area contributed by atoms with Gasteiger partial charge in [-0.3, -0.25) is 19.1 Å². The van der Waals surface area contributed by atoms with Crippen LogP contribution in [0.1, 0.15) is 50.0 Å². The highest BCUT2D eigenvalue weighted by molar-refractivity contribution is 6.30. The highest BCUT2D eigenvalue weighted by Gasteiger charge is 2.34. The van der Waals surface area contributed by atoms with Crippen LogP contribution in [-0.2, 0) is 27.5 Å². The molecule has 0 spiro atoms. The average Bonchev–Trinajstić information content (AvgIpc) is 3.74. The fourth-order valence-corrected chi connectivity index (χ4v) is 5.35. The molecule has 3 aromatic rings. The molecule has 218 valence electrons. The summed E-state index contributed by atoms with van der Waals surface area (Å²) in [7, 11) is 0. The predicted octanol–water partition coefficient (Wildman–Crippen LogP) is 3.13. The number of aliphatic hydroxyl groups excluding tert-OH is 1. The molecule has 1 unspecified atom stereocenters. The summed E-state index contributed by atoms with van der Waals surface area (Å²) in [5.74, 6) is -1.38. The molecule has 1 atom stereocenters. The number of nitrogens with one attached hydrogen (secondary N) is 3. The summed E-state index contributed by atoms with van der Waals surface area (Å²) in [5.41, 5.74) is 1.88. The minimum absolute atomic E-state index is 0.0224. The summed E-state index contributed by atoms with van der Waals surface area (Å²) < 4.78 is 15.7. The van der Waals surface area contributed by atoms with Crippen molar-refractivity contribution in [3.8, 4) is 0 Å². The number of nitrogens with zero attached hydrogens (tertiary/aromatic N) is 3. The smallest absolute Gasteiger partial charge is 0.245 e. The van der Waals surface area contributed by atoms with E-state index in [1.165, 1.54) is 21.7 Å². The SMILES string of the molecule is CC(O)c1nn(CC(=O)N(CC(=O)NCc2cccc(Cl)c2F)C2CC2)c2ccc(NC(=O)C3CCNCC3)cc12. The Morgan fingerprint density at radius 3 is 2.66 bits per heavy atom. The Morgan fingerprint density at radius 2 is 1.95 bits per heavy atom. The van der Waals surface area contributed by atoms with E-state index in [1.807, 2.05) is 0 Å². The minimum Gasteiger partial charge on any atom is -0.387 e. The quantitative estimate of drug-likeness (QED) is 0.290. The molecule has 2 aromatic carbocycles. The van der Waals surface area contributed by atoms with Gasteiger partial charge in [0.15, 0.2) is 0 Å². The first-order chi connectivity index (χ1) is 19.7. The zero-order valence-electron chi connectivity index (χ0n) is 22.8. The molecule has 41 heavy (non-hydrogen) atoms. The van der Waals surface area contributed by atoms with Gasteiger partial charge in [-0.2, -0.15) is 5.10 Å². The highest BCUT2D eigenvalue weighted by atomic mass is 35.5. The molecule has 4 N–H and O–H groups in total. The number of halogens is 2. The van der Waals surface area contributed by atoms with Crippen molar-refractivity contribution in [3.05, 3.63) is 58.5 Å². The van der Waals surface area contributed by atoms with Crippen molar-refractivity contribution in [1.29, 1.82) is 0 Å². The number of fused-ring (bicyclic) bond motifs is 1. The minimum atomic E-state index is -0.901. The molecule has 0 bridgehead atoms. The maximum atomic E-state index is 14.2. The molecule has 1 saturated heterocycles. The van der Waals surface area contributed by atoms with Gasteiger partial charge in [0.1, 0.15) is 12.4 Å². The average molecular weight is 585 g/mol. The van der Waals surface area contributed by atoms with Crippen LogP contribution in [0.4, 0.5) is 10.1 Å². The number of anilines is 1. The number of piperidine rings is 1. The lowest BCUT2D eigenvalue weighted by atomic mass is 9.97. The van der Waals surface area contributed by atoms with Gasteiger partial charge in [-0.25, -0.2) is 4.39 Å². The van der Waals surface area contributed by atoms with E-state index in [0.717, 1.165) is 38.8 Å². The van der Waals surface area contributed by atoms with Gasteiger partial charge in [-0.05, 0) is 70.0 Å². The maximum absolute atomic E-state index is 14.2. The molecule has 10 nitrogen and oxygen atoms in total. The fourth-order valence-electron chi connectivity index (χ4n) is 5.15. The van der Waals surface area contributed by atoms with Crippen LogP contribution in [0.5, 0.6) is 0 Å². The van der Waals surface area contributed by atoms with Crippen LogP contribution < -0.4 is 16.0 Å². The van der Waals surface area contributed by atoms with Crippen LogP contribution in [0.3, 0.4) is 0 Å². The third kappa shape index (κ3) is 6.86. The molecule has 1 aliphatic heterocycles. The number of aliphatic hydroxyl groups is 1. The summed E-state index contributed by atoms with van der Waals surface area (Å²) in [6.07, 6.45) is 2.24. The van der Waals surface area contributed by atoms with E-state index in [2.05, 4.69) is 21.0 Å². The number of carbonyl (C=O) groups is 3. The van der Waals surface area contributed by atoms with Gasteiger partial charge in [0.05, 0.1) is 28.9 Å². The van der Waals surface area contributed by atoms with Crippen LogP contribution in [0, 0.1) is 11.7 Å². The lowest BCUT2D eigenvalue weighted by molar-refractivity contribution is -0.137. The molecular formula is C29H34ClFN6O4. The molecule has 2 fully saturated rings. The van der Waals surface area contributed by atoms with E-state index >= 15 is 0 Å². The second-order valence-corrected chi connectivity index (χ2v) is 11.1. The number of rotatable bonds is 10. The van der Waals surface area contributed by atoms with Crippen LogP contribution in [0.2, 0.25) is 5.02 Å². The predicted molar refractivity (Wildman–Crippen MR) is 153 cm³/mol. The van der Waals surface area contributed by atoms with Gasteiger partial charge in [-0.15, -0.1) is 0 Å². The highest BCUT2D eigenvalue weighted by Crippen LogP contribution is 2.30. The molecule has 1 aromatic heterocycles. The molecule has 3 amide bonds. The van der Waals surface area contributed by atoms with E-state index < -0.39 is 17.8 Å². The molecule has 2 heterocycles. The monoisotopic (exact) mass is 584 g/mol. The Morgan fingerprint density at radius 1 is 1.20 bits per heavy atom. The zero-order chi connectivity index (χ0) is 29.1. The first-order valence-electron chi connectivity index (χ1n) is 13.9. The third-order valence-corrected chi connectivity index (χ3v) is 7.86. The summed E-state index contributed by atoms with van der Waals surface area (Å²) in [6.45, 7) is 2.87. The van der Waals surface area contributed by atoms with Gasteiger partial charge in [0, 0.05) is 35.1 Å². The third-order valence-electron chi connectivity index (χ3n) is 7.57. The van der Waals surface area contributed by atoms with E-state index in [4.69, 9.17) is 11.6 Å². The van der Waals surface area contributed by atoms with E-state index in [1.54, 1.807) is 31.2 Å². The number of carbonyl (C=O) groups excluding carboxylic acids is 3. The lowest BCUT2D eigenvalue weighted by Gasteiger charge is -2.22. The number of hydrogen-bond donors (Lipinski definition) is 4. The number of aromatic nitrogens is 2. The summed E-state index contributed by atoms with van der Waals surface area (Å²) >= 11 is 5.82. The number of benzene rings is 2. The van der Waals surface area contributed by atoms with Crippen molar-refractivity contribution in [3.63, 3.8) is 0 Å². The van der Waals surface area contributed by atoms with Crippen LogP contribution in [-0.4, -0.2) is 63.2 Å². The zero-order valence-corrected chi connectivity index (χ0v) is 23.6. The van der Waals surface area contributed by atoms with Crippen LogP contribution in [0.25, 0.3) is 10.9 Å². The topological polar surface area (TPSA) is 129 Å². The Hall–Kier alpha value is -3.54. The second-order valence-electron chi connectivity index (χ2n) is 10.7. The summed E-state index contributed by atoms with van der Waals surface area (Å²) in [4.78, 5) is 40.4. The molecular weight excluding hydrogens is 551 g/mol. The van der Waals surface area contributed by atoms with Crippen molar-refractivity contribution >= 4 is 45.9 Å². The Kier molecular flexibility index (Phi) is 8.86. The first-order valence-corrected chi connectivity index (χ1v) is 14.3. The Labute approximate surface area is 242 Å². The van der Waals surface area contributed by atoms with Gasteiger partial charge < -0.3 is 26.0 Å². The van der Waals surface area contributed by atoms with E-state index in [9.17, 15) is 23.9 Å². The number of hydrogen-bond acceptors (Lipinski definition) is 6. The normalized spacial score (nSPS) is 16.4. The first kappa shape index (κ1) is 29.0. The van der Waals surface area contributed by atoms with E-state index in [0.29, 0.717) is 22.3 Å². The van der Waals surface area contributed by atoms with E-state index in [-0.39, 0.29) is 54.0 Å². The Bertz CT molecular complexity index is 1450. The van der Waals surface area contributed by atoms with Crippen molar-refractivity contribution < 1.29 is 23.9 Å². The number of amides is 3. The van der Waals surface area contributed by atoms with Crippen LogP contribution >= 0.6 is 11.6 Å². The van der Waals surface area contributed by atoms with Crippen molar-refractivity contribution in [2.24, 2.45) is 5.92 Å². The van der Waals surface area contributed by atoms with Crippen molar-refractivity contribution in [2.45, 2.75) is 57.8 Å². The molecule has 1 saturated carbocycles.